The number of carbonyl (C=O) groups excluding carboxylic acids is 2. The molecule has 138 valence electrons. The summed E-state index contributed by atoms with van der Waals surface area (Å²) in [6, 6.07) is 1.75. The first-order chi connectivity index (χ1) is 12.1. The molecule has 1 aliphatic heterocycles. The van der Waals surface area contributed by atoms with Crippen molar-refractivity contribution in [3.8, 4) is 0 Å². The predicted octanol–water partition coefficient (Wildman–Crippen LogP) is 1.67. The van der Waals surface area contributed by atoms with E-state index in [-0.39, 0.29) is 18.0 Å². The van der Waals surface area contributed by atoms with Crippen LogP contribution in [0.15, 0.2) is 12.4 Å². The van der Waals surface area contributed by atoms with Crippen molar-refractivity contribution in [2.45, 2.75) is 39.7 Å². The zero-order valence-corrected chi connectivity index (χ0v) is 15.2. The molecule has 2 rings (SSSR count). The lowest BCUT2D eigenvalue weighted by Gasteiger charge is -2.31. The van der Waals surface area contributed by atoms with Crippen LogP contribution in [0.2, 0.25) is 0 Å². The quantitative estimate of drug-likeness (QED) is 0.841. The van der Waals surface area contributed by atoms with Gasteiger partial charge in [-0.3, -0.25) is 4.79 Å². The number of likely N-dealkylation sites (tertiary alicyclic amines) is 1. The molecule has 0 aromatic carbocycles. The van der Waals surface area contributed by atoms with Gasteiger partial charge in [0.2, 0.25) is 0 Å². The summed E-state index contributed by atoms with van der Waals surface area (Å²) in [4.78, 5) is 36.2. The van der Waals surface area contributed by atoms with Gasteiger partial charge < -0.3 is 19.9 Å². The maximum atomic E-state index is 12.5. The van der Waals surface area contributed by atoms with Crippen LogP contribution in [0.1, 0.15) is 44.1 Å². The summed E-state index contributed by atoms with van der Waals surface area (Å²) in [6.07, 6.45) is 2.55. The highest BCUT2D eigenvalue weighted by Crippen LogP contribution is 2.14. The molecule has 0 saturated carbocycles. The number of piperidine rings is 1. The maximum Gasteiger partial charge on any atom is 0.409 e. The number of hydrogen-bond donors (Lipinski definition) is 1. The van der Waals surface area contributed by atoms with E-state index in [2.05, 4.69) is 20.2 Å². The van der Waals surface area contributed by atoms with Crippen LogP contribution in [-0.4, -0.2) is 65.7 Å². The van der Waals surface area contributed by atoms with E-state index in [0.717, 1.165) is 18.9 Å². The Bertz CT molecular complexity index is 583. The average Bonchev–Trinajstić information content (AvgIpc) is 2.64. The van der Waals surface area contributed by atoms with Gasteiger partial charge in [-0.25, -0.2) is 14.8 Å². The van der Waals surface area contributed by atoms with Crippen molar-refractivity contribution in [2.75, 3.05) is 37.7 Å². The molecule has 0 unspecified atom stereocenters. The van der Waals surface area contributed by atoms with E-state index in [9.17, 15) is 9.59 Å². The fraction of sp³-hybridized carbons (Fsp3) is 0.647. The Kier molecular flexibility index (Phi) is 6.97. The van der Waals surface area contributed by atoms with Crippen LogP contribution < -0.4 is 10.2 Å². The third kappa shape index (κ3) is 5.04. The third-order valence-electron chi connectivity index (χ3n) is 4.33. The zero-order chi connectivity index (χ0) is 18.2. The summed E-state index contributed by atoms with van der Waals surface area (Å²) in [6.45, 7) is 9.06. The molecule has 25 heavy (non-hydrogen) atoms. The molecule has 0 atom stereocenters. The van der Waals surface area contributed by atoms with E-state index in [1.54, 1.807) is 17.9 Å². The topological polar surface area (TPSA) is 87.7 Å². The lowest BCUT2D eigenvalue weighted by molar-refractivity contribution is 0.0856. The van der Waals surface area contributed by atoms with Gasteiger partial charge >= 0.3 is 6.09 Å². The standard InChI is InChI=1S/C17H27N5O3/c1-4-21(5-2)15-11-14(18-12-19-15)16(23)20-13-7-9-22(10-8-13)17(24)25-6-3/h11-13H,4-10H2,1-3H3,(H,20,23). The predicted molar refractivity (Wildman–Crippen MR) is 94.7 cm³/mol. The van der Waals surface area contributed by atoms with Gasteiger partial charge in [0.15, 0.2) is 0 Å². The van der Waals surface area contributed by atoms with Crippen LogP contribution in [0.25, 0.3) is 0 Å². The number of ether oxygens (including phenoxy) is 1. The van der Waals surface area contributed by atoms with Crippen molar-refractivity contribution in [1.29, 1.82) is 0 Å². The first kappa shape index (κ1) is 19.0. The van der Waals surface area contributed by atoms with Gasteiger partial charge in [0.25, 0.3) is 5.91 Å². The number of hydrogen-bond acceptors (Lipinski definition) is 6. The second-order valence-electron chi connectivity index (χ2n) is 5.87. The fourth-order valence-corrected chi connectivity index (χ4v) is 2.87. The molecule has 1 aromatic rings. The number of rotatable bonds is 6. The molecule has 1 fully saturated rings. The number of nitrogens with one attached hydrogen (secondary N) is 1. The first-order valence-corrected chi connectivity index (χ1v) is 8.88. The highest BCUT2D eigenvalue weighted by molar-refractivity contribution is 5.93. The van der Waals surface area contributed by atoms with E-state index in [4.69, 9.17) is 4.74 Å². The lowest BCUT2D eigenvalue weighted by atomic mass is 10.1. The van der Waals surface area contributed by atoms with Crippen LogP contribution >= 0.6 is 0 Å². The van der Waals surface area contributed by atoms with E-state index < -0.39 is 0 Å². The van der Waals surface area contributed by atoms with E-state index in [1.807, 2.05) is 13.8 Å². The minimum atomic E-state index is -0.285. The van der Waals surface area contributed by atoms with Gasteiger partial charge in [0.1, 0.15) is 17.8 Å². The molecule has 2 heterocycles. The summed E-state index contributed by atoms with van der Waals surface area (Å²) in [7, 11) is 0. The van der Waals surface area contributed by atoms with E-state index >= 15 is 0 Å². The van der Waals surface area contributed by atoms with Crippen LogP contribution in [0.4, 0.5) is 10.6 Å². The van der Waals surface area contributed by atoms with Gasteiger partial charge in [-0.2, -0.15) is 0 Å². The number of carbonyl (C=O) groups is 2. The largest absolute Gasteiger partial charge is 0.450 e. The number of amides is 2. The molecule has 8 nitrogen and oxygen atoms in total. The molecule has 0 spiro atoms. The monoisotopic (exact) mass is 349 g/mol. The van der Waals surface area contributed by atoms with Gasteiger partial charge in [-0.05, 0) is 33.6 Å². The van der Waals surface area contributed by atoms with E-state index in [1.165, 1.54) is 6.33 Å². The van der Waals surface area contributed by atoms with Crippen molar-refractivity contribution in [1.82, 2.24) is 20.2 Å². The molecule has 1 saturated heterocycles. The van der Waals surface area contributed by atoms with Crippen molar-refractivity contribution in [3.63, 3.8) is 0 Å². The SMILES string of the molecule is CCOC(=O)N1CCC(NC(=O)c2cc(N(CC)CC)ncn2)CC1. The molecule has 1 aliphatic rings. The highest BCUT2D eigenvalue weighted by Gasteiger charge is 2.25. The normalized spacial score (nSPS) is 14.9. The van der Waals surface area contributed by atoms with Crippen LogP contribution in [0.3, 0.4) is 0 Å². The van der Waals surface area contributed by atoms with E-state index in [0.29, 0.717) is 38.2 Å². The number of nitrogens with zero attached hydrogens (tertiary/aromatic N) is 4. The first-order valence-electron chi connectivity index (χ1n) is 8.88. The lowest BCUT2D eigenvalue weighted by Crippen LogP contribution is -2.46. The molecule has 8 heteroatoms. The molecule has 2 amide bonds. The van der Waals surface area contributed by atoms with Crippen molar-refractivity contribution in [3.05, 3.63) is 18.1 Å². The van der Waals surface area contributed by atoms with Crippen LogP contribution in [-0.2, 0) is 4.74 Å². The molecule has 0 bridgehead atoms. The number of aromatic nitrogens is 2. The van der Waals surface area contributed by atoms with Crippen LogP contribution in [0, 0.1) is 0 Å². The Morgan fingerprint density at radius 1 is 1.24 bits per heavy atom. The van der Waals surface area contributed by atoms with Gasteiger partial charge in [0.05, 0.1) is 6.61 Å². The minimum absolute atomic E-state index is 0.0324. The molecule has 0 aliphatic carbocycles. The Morgan fingerprint density at radius 2 is 1.92 bits per heavy atom. The fourth-order valence-electron chi connectivity index (χ4n) is 2.87. The molecule has 0 radical (unpaired) electrons. The summed E-state index contributed by atoms with van der Waals surface area (Å²) < 4.78 is 5.00. The zero-order valence-electron chi connectivity index (χ0n) is 15.2. The van der Waals surface area contributed by atoms with Crippen LogP contribution in [0.5, 0.6) is 0 Å². The summed E-state index contributed by atoms with van der Waals surface area (Å²) >= 11 is 0. The Hall–Kier alpha value is -2.38. The van der Waals surface area contributed by atoms with Crippen molar-refractivity contribution >= 4 is 17.8 Å². The smallest absolute Gasteiger partial charge is 0.409 e. The van der Waals surface area contributed by atoms with Gasteiger partial charge in [-0.15, -0.1) is 0 Å². The summed E-state index contributed by atoms with van der Waals surface area (Å²) in [5, 5.41) is 3.00. The maximum absolute atomic E-state index is 12.5. The van der Waals surface area contributed by atoms with Crippen molar-refractivity contribution in [2.24, 2.45) is 0 Å². The van der Waals surface area contributed by atoms with Gasteiger partial charge in [0, 0.05) is 38.3 Å². The Labute approximate surface area is 148 Å². The second-order valence-corrected chi connectivity index (χ2v) is 5.87. The minimum Gasteiger partial charge on any atom is -0.450 e. The molecule has 1 aromatic heterocycles. The number of anilines is 1. The molecular formula is C17H27N5O3. The Balaban J connectivity index is 1.91. The highest BCUT2D eigenvalue weighted by atomic mass is 16.6. The van der Waals surface area contributed by atoms with Crippen molar-refractivity contribution < 1.29 is 14.3 Å². The summed E-state index contributed by atoms with van der Waals surface area (Å²) in [5.74, 6) is 0.549. The second kappa shape index (κ2) is 9.19. The average molecular weight is 349 g/mol. The third-order valence-corrected chi connectivity index (χ3v) is 4.33. The Morgan fingerprint density at radius 3 is 2.52 bits per heavy atom. The molecular weight excluding hydrogens is 322 g/mol. The molecule has 1 N–H and O–H groups in total. The summed E-state index contributed by atoms with van der Waals surface area (Å²) in [5.41, 5.74) is 0.365. The van der Waals surface area contributed by atoms with Gasteiger partial charge in [-0.1, -0.05) is 0 Å².